The van der Waals surface area contributed by atoms with Crippen LogP contribution in [-0.2, 0) is 10.0 Å². The molecule has 0 aliphatic carbocycles. The van der Waals surface area contributed by atoms with Crippen molar-refractivity contribution in [2.75, 3.05) is 38.5 Å². The van der Waals surface area contributed by atoms with Crippen LogP contribution in [0.2, 0.25) is 0 Å². The molecule has 1 aromatic rings. The summed E-state index contributed by atoms with van der Waals surface area (Å²) < 4.78 is 67.6. The van der Waals surface area contributed by atoms with Crippen molar-refractivity contribution in [3.63, 3.8) is 0 Å². The zero-order valence-corrected chi connectivity index (χ0v) is 19.0. The number of thioether (sulfide) groups is 1. The average molecular weight is 510 g/mol. The Morgan fingerprint density at radius 1 is 1.25 bits per heavy atom. The Morgan fingerprint density at radius 2 is 1.91 bits per heavy atom. The summed E-state index contributed by atoms with van der Waals surface area (Å²) in [5.41, 5.74) is 0. The number of hydrogen-bond donors (Lipinski definition) is 0. The van der Waals surface area contributed by atoms with E-state index in [9.17, 15) is 21.6 Å². The lowest BCUT2D eigenvalue weighted by Gasteiger charge is -2.34. The Hall–Kier alpha value is -2.09. The molecule has 3 rings (SSSR count). The molecule has 1 aromatic carbocycles. The van der Waals surface area contributed by atoms with E-state index < -0.39 is 22.1 Å². The summed E-state index contributed by atoms with van der Waals surface area (Å²) in [7, 11) is -3.85. The van der Waals surface area contributed by atoms with Crippen LogP contribution in [0.3, 0.4) is 0 Å². The second-order valence-electron chi connectivity index (χ2n) is 6.52. The first kappa shape index (κ1) is 24.6. The van der Waals surface area contributed by atoms with Crippen molar-refractivity contribution in [3.8, 4) is 5.75 Å². The molecule has 2 heterocycles. The Kier molecular flexibility index (Phi) is 7.85. The number of amidine groups is 3. The molecule has 0 N–H and O–H groups in total. The maximum atomic E-state index is 12.8. The number of hydrogen-bond acceptors (Lipinski definition) is 6. The van der Waals surface area contributed by atoms with E-state index in [-0.39, 0.29) is 23.3 Å². The molecule has 0 spiro atoms. The van der Waals surface area contributed by atoms with Crippen LogP contribution < -0.4 is 4.74 Å². The molecule has 0 atom stereocenters. The largest absolute Gasteiger partial charge is 0.573 e. The number of sulfonamides is 1. The van der Waals surface area contributed by atoms with Crippen LogP contribution in [-0.4, -0.2) is 78.8 Å². The maximum absolute atomic E-state index is 12.8. The van der Waals surface area contributed by atoms with E-state index in [2.05, 4.69) is 26.3 Å². The highest BCUT2D eigenvalue weighted by Gasteiger charge is 2.33. The van der Waals surface area contributed by atoms with Gasteiger partial charge in [-0.3, -0.25) is 4.99 Å². The van der Waals surface area contributed by atoms with Gasteiger partial charge >= 0.3 is 6.36 Å². The van der Waals surface area contributed by atoms with E-state index in [1.165, 1.54) is 16.1 Å². The van der Waals surface area contributed by atoms with Crippen molar-refractivity contribution in [1.82, 2.24) is 9.21 Å². The summed E-state index contributed by atoms with van der Waals surface area (Å²) in [4.78, 5) is 14.4. The number of benzene rings is 1. The Balaban J connectivity index is 1.61. The number of halogens is 4. The quantitative estimate of drug-likeness (QED) is 0.263. The van der Waals surface area contributed by atoms with Crippen molar-refractivity contribution in [3.05, 3.63) is 36.9 Å². The molecule has 2 aliphatic rings. The zero-order valence-electron chi connectivity index (χ0n) is 16.6. The second kappa shape index (κ2) is 10.2. The summed E-state index contributed by atoms with van der Waals surface area (Å²) in [6.07, 6.45) is -3.25. The first-order valence-corrected chi connectivity index (χ1v) is 12.1. The van der Waals surface area contributed by atoms with Crippen LogP contribution in [0.1, 0.15) is 0 Å². The van der Waals surface area contributed by atoms with Gasteiger partial charge in [0.2, 0.25) is 15.3 Å². The molecular formula is C18H19ClF3N5O3S2. The third-order valence-corrected chi connectivity index (χ3v) is 7.46. The van der Waals surface area contributed by atoms with Crippen molar-refractivity contribution in [2.24, 2.45) is 15.0 Å². The summed E-state index contributed by atoms with van der Waals surface area (Å²) >= 11 is 7.40. The van der Waals surface area contributed by atoms with Gasteiger partial charge in [-0.25, -0.2) is 18.4 Å². The molecule has 0 saturated carbocycles. The first-order valence-electron chi connectivity index (χ1n) is 9.29. The Bertz CT molecular complexity index is 1030. The summed E-state index contributed by atoms with van der Waals surface area (Å²) in [6.45, 7) is 5.13. The third kappa shape index (κ3) is 6.47. The van der Waals surface area contributed by atoms with Gasteiger partial charge < -0.3 is 9.64 Å². The molecule has 0 aromatic heterocycles. The van der Waals surface area contributed by atoms with Crippen molar-refractivity contribution in [1.29, 1.82) is 0 Å². The fraction of sp³-hybridized carbons (Fsp3) is 0.389. The molecule has 0 amide bonds. The molecule has 0 radical (unpaired) electrons. The van der Waals surface area contributed by atoms with Crippen LogP contribution in [0.15, 0.2) is 56.8 Å². The summed E-state index contributed by atoms with van der Waals surface area (Å²) in [6, 6.07) is 4.15. The lowest BCUT2D eigenvalue weighted by molar-refractivity contribution is -0.274. The number of ether oxygens (including phenoxy) is 1. The smallest absolute Gasteiger partial charge is 0.406 e. The van der Waals surface area contributed by atoms with Crippen LogP contribution in [0.5, 0.6) is 5.75 Å². The number of nitrogens with zero attached hydrogens (tertiary/aromatic N) is 5. The van der Waals surface area contributed by atoms with Crippen LogP contribution in [0, 0.1) is 0 Å². The van der Waals surface area contributed by atoms with Gasteiger partial charge in [0.15, 0.2) is 5.17 Å². The molecule has 8 nitrogen and oxygen atoms in total. The van der Waals surface area contributed by atoms with E-state index in [0.29, 0.717) is 31.2 Å². The third-order valence-electron chi connectivity index (χ3n) is 4.33. The van der Waals surface area contributed by atoms with Crippen molar-refractivity contribution in [2.45, 2.75) is 11.3 Å². The molecule has 32 heavy (non-hydrogen) atoms. The molecule has 1 saturated heterocycles. The predicted molar refractivity (Wildman–Crippen MR) is 119 cm³/mol. The van der Waals surface area contributed by atoms with Gasteiger partial charge in [-0.2, -0.15) is 4.31 Å². The maximum Gasteiger partial charge on any atom is 0.573 e. The molecule has 2 aliphatic heterocycles. The standard InChI is InChI=1S/C18H19ClF3N5O3S2/c1-2-7-23-16(19)24-15-12-31-17(25-15)26-8-10-27(11-9-26)32(28,29)14-5-3-13(4-6-14)30-18(20,21)22/h2-6H,1,7-12H2/b23-16?,24-15+. The minimum atomic E-state index is -4.84. The van der Waals surface area contributed by atoms with Gasteiger partial charge in [0, 0.05) is 26.2 Å². The Morgan fingerprint density at radius 3 is 2.50 bits per heavy atom. The molecule has 0 bridgehead atoms. The fourth-order valence-electron chi connectivity index (χ4n) is 2.89. The molecule has 0 unspecified atom stereocenters. The Labute approximate surface area is 192 Å². The SMILES string of the molecule is C=CCN=C(Cl)/N=C1\CSC(N2CCN(S(=O)(=O)c3ccc(OC(F)(F)F)cc3)CC2)=N1. The van der Waals surface area contributed by atoms with Gasteiger partial charge in [-0.1, -0.05) is 17.8 Å². The first-order chi connectivity index (χ1) is 15.1. The van der Waals surface area contributed by atoms with Crippen LogP contribution in [0.4, 0.5) is 13.2 Å². The number of aliphatic imine (C=N–C) groups is 3. The van der Waals surface area contributed by atoms with E-state index in [4.69, 9.17) is 11.6 Å². The lowest BCUT2D eigenvalue weighted by Crippen LogP contribution is -2.49. The van der Waals surface area contributed by atoms with E-state index in [0.717, 1.165) is 29.4 Å². The second-order valence-corrected chi connectivity index (χ2v) is 9.74. The highest BCUT2D eigenvalue weighted by Crippen LogP contribution is 2.26. The average Bonchev–Trinajstić information content (AvgIpc) is 3.20. The summed E-state index contributed by atoms with van der Waals surface area (Å²) in [5, 5.41) is 0.815. The summed E-state index contributed by atoms with van der Waals surface area (Å²) in [5.74, 6) is 0.573. The van der Waals surface area contributed by atoms with Crippen LogP contribution >= 0.6 is 23.4 Å². The number of rotatable bonds is 5. The number of piperazine rings is 1. The van der Waals surface area contributed by atoms with E-state index >= 15 is 0 Å². The van der Waals surface area contributed by atoms with Gasteiger partial charge in [-0.05, 0) is 35.9 Å². The zero-order chi connectivity index (χ0) is 23.4. The fourth-order valence-corrected chi connectivity index (χ4v) is 5.40. The lowest BCUT2D eigenvalue weighted by atomic mass is 10.3. The highest BCUT2D eigenvalue weighted by atomic mass is 35.5. The van der Waals surface area contributed by atoms with Crippen molar-refractivity contribution < 1.29 is 26.3 Å². The highest BCUT2D eigenvalue weighted by molar-refractivity contribution is 8.14. The molecule has 1 fully saturated rings. The predicted octanol–water partition coefficient (Wildman–Crippen LogP) is 3.17. The topological polar surface area (TPSA) is 86.9 Å². The minimum absolute atomic E-state index is 0.0908. The van der Waals surface area contributed by atoms with Gasteiger partial charge in [0.05, 0.1) is 17.2 Å². The van der Waals surface area contributed by atoms with Crippen LogP contribution in [0.25, 0.3) is 0 Å². The molecular weight excluding hydrogens is 491 g/mol. The van der Waals surface area contributed by atoms with Gasteiger partial charge in [0.1, 0.15) is 11.6 Å². The van der Waals surface area contributed by atoms with E-state index in [1.807, 2.05) is 4.90 Å². The molecule has 14 heteroatoms. The van der Waals surface area contributed by atoms with Crippen molar-refractivity contribution >= 4 is 49.7 Å². The number of alkyl halides is 3. The minimum Gasteiger partial charge on any atom is -0.406 e. The van der Waals surface area contributed by atoms with E-state index in [1.54, 1.807) is 6.08 Å². The molecule has 174 valence electrons. The van der Waals surface area contributed by atoms with Gasteiger partial charge in [-0.15, -0.1) is 19.8 Å². The normalized spacial score (nSPS) is 19.9. The van der Waals surface area contributed by atoms with Gasteiger partial charge in [0.25, 0.3) is 0 Å². The monoisotopic (exact) mass is 509 g/mol.